The van der Waals surface area contributed by atoms with Crippen molar-refractivity contribution in [3.05, 3.63) is 29.6 Å². The van der Waals surface area contributed by atoms with Gasteiger partial charge in [0.05, 0.1) is 6.61 Å². The van der Waals surface area contributed by atoms with Gasteiger partial charge in [0.2, 0.25) is 0 Å². The minimum Gasteiger partial charge on any atom is -0.493 e. The predicted octanol–water partition coefficient (Wildman–Crippen LogP) is 2.65. The third-order valence-corrected chi connectivity index (χ3v) is 1.84. The quantitative estimate of drug-likeness (QED) is 0.430. The summed E-state index contributed by atoms with van der Waals surface area (Å²) in [4.78, 5) is 10.4. The average molecular weight is 217 g/mol. The van der Waals surface area contributed by atoms with E-state index in [0.29, 0.717) is 30.9 Å². The summed E-state index contributed by atoms with van der Waals surface area (Å²) in [6.45, 7) is 0.422. The minimum absolute atomic E-state index is 0.269. The summed E-state index contributed by atoms with van der Waals surface area (Å²) in [5.41, 5.74) is 0.269. The lowest BCUT2D eigenvalue weighted by atomic mass is 10.2. The number of hydrogen-bond donors (Lipinski definition) is 0. The normalized spacial score (nSPS) is 9.86. The first kappa shape index (κ1) is 11.0. The molecule has 0 atom stereocenters. The second-order valence-electron chi connectivity index (χ2n) is 2.73. The van der Waals surface area contributed by atoms with Gasteiger partial charge in [0.25, 0.3) is 0 Å². The molecule has 76 valence electrons. The topological polar surface area (TPSA) is 26.3 Å². The van der Waals surface area contributed by atoms with Crippen LogP contribution in [0.25, 0.3) is 0 Å². The SMILES string of the molecule is O=Cc1cc(F)cc(OCCCCl)c1. The Balaban J connectivity index is 2.66. The van der Waals surface area contributed by atoms with E-state index in [1.807, 2.05) is 0 Å². The van der Waals surface area contributed by atoms with Crippen molar-refractivity contribution in [1.29, 1.82) is 0 Å². The lowest BCUT2D eigenvalue weighted by molar-refractivity contribution is 0.112. The highest BCUT2D eigenvalue weighted by Gasteiger charge is 2.00. The smallest absolute Gasteiger partial charge is 0.150 e. The molecule has 0 radical (unpaired) electrons. The molecule has 1 aromatic rings. The Morgan fingerprint density at radius 3 is 2.86 bits per heavy atom. The van der Waals surface area contributed by atoms with E-state index in [2.05, 4.69) is 0 Å². The van der Waals surface area contributed by atoms with Gasteiger partial charge in [0.15, 0.2) is 0 Å². The predicted molar refractivity (Wildman–Crippen MR) is 52.6 cm³/mol. The first-order valence-electron chi connectivity index (χ1n) is 4.21. The van der Waals surface area contributed by atoms with Crippen molar-refractivity contribution in [3.8, 4) is 5.75 Å². The van der Waals surface area contributed by atoms with Crippen LogP contribution in [0.3, 0.4) is 0 Å². The van der Waals surface area contributed by atoms with Crippen LogP contribution in [0, 0.1) is 5.82 Å². The van der Waals surface area contributed by atoms with E-state index in [-0.39, 0.29) is 5.56 Å². The molecule has 0 bridgehead atoms. The van der Waals surface area contributed by atoms with Gasteiger partial charge in [-0.15, -0.1) is 11.6 Å². The molecule has 0 saturated heterocycles. The molecule has 0 unspecified atom stereocenters. The van der Waals surface area contributed by atoms with Crippen molar-refractivity contribution in [3.63, 3.8) is 0 Å². The van der Waals surface area contributed by atoms with Gasteiger partial charge in [-0.25, -0.2) is 4.39 Å². The molecule has 14 heavy (non-hydrogen) atoms. The molecular weight excluding hydrogens is 207 g/mol. The van der Waals surface area contributed by atoms with Crippen molar-refractivity contribution >= 4 is 17.9 Å². The van der Waals surface area contributed by atoms with Gasteiger partial charge in [0, 0.05) is 17.5 Å². The highest BCUT2D eigenvalue weighted by atomic mass is 35.5. The van der Waals surface area contributed by atoms with Crippen LogP contribution in [0.1, 0.15) is 16.8 Å². The van der Waals surface area contributed by atoms with Gasteiger partial charge >= 0.3 is 0 Å². The number of benzene rings is 1. The second kappa shape index (κ2) is 5.60. The lowest BCUT2D eigenvalue weighted by Gasteiger charge is -2.05. The number of alkyl halides is 1. The van der Waals surface area contributed by atoms with Crippen LogP contribution in [0.5, 0.6) is 5.75 Å². The molecule has 0 spiro atoms. The zero-order valence-corrected chi connectivity index (χ0v) is 8.26. The van der Waals surface area contributed by atoms with E-state index in [4.69, 9.17) is 16.3 Å². The Bertz CT molecular complexity index is 315. The maximum atomic E-state index is 12.9. The second-order valence-corrected chi connectivity index (χ2v) is 3.11. The Hall–Kier alpha value is -1.09. The first-order valence-corrected chi connectivity index (χ1v) is 4.74. The van der Waals surface area contributed by atoms with Crippen LogP contribution >= 0.6 is 11.6 Å². The van der Waals surface area contributed by atoms with Crippen molar-refractivity contribution in [2.75, 3.05) is 12.5 Å². The van der Waals surface area contributed by atoms with Gasteiger partial charge < -0.3 is 4.74 Å². The average Bonchev–Trinajstić information content (AvgIpc) is 2.17. The number of ether oxygens (including phenoxy) is 1. The first-order chi connectivity index (χ1) is 6.76. The molecule has 0 aliphatic rings. The molecule has 0 aliphatic heterocycles. The number of carbonyl (C=O) groups is 1. The summed E-state index contributed by atoms with van der Waals surface area (Å²) < 4.78 is 18.0. The highest BCUT2D eigenvalue weighted by Crippen LogP contribution is 2.15. The summed E-state index contributed by atoms with van der Waals surface area (Å²) in [7, 11) is 0. The van der Waals surface area contributed by atoms with E-state index in [1.54, 1.807) is 0 Å². The molecule has 2 nitrogen and oxygen atoms in total. The third kappa shape index (κ3) is 3.34. The molecule has 0 fully saturated rings. The summed E-state index contributed by atoms with van der Waals surface area (Å²) >= 11 is 5.45. The van der Waals surface area contributed by atoms with E-state index < -0.39 is 5.82 Å². The summed E-state index contributed by atoms with van der Waals surface area (Å²) in [6.07, 6.45) is 1.27. The lowest BCUT2D eigenvalue weighted by Crippen LogP contribution is -1.98. The van der Waals surface area contributed by atoms with E-state index in [9.17, 15) is 9.18 Å². The molecule has 4 heteroatoms. The standard InChI is InChI=1S/C10H10ClFO2/c11-2-1-3-14-10-5-8(7-13)4-9(12)6-10/h4-7H,1-3H2. The molecule has 0 amide bonds. The Morgan fingerprint density at radius 1 is 1.43 bits per heavy atom. The summed E-state index contributed by atoms with van der Waals surface area (Å²) in [5.74, 6) is 0.378. The zero-order chi connectivity index (χ0) is 10.4. The number of rotatable bonds is 5. The molecule has 0 aliphatic carbocycles. The molecule has 1 aromatic carbocycles. The van der Waals surface area contributed by atoms with Gasteiger partial charge in [-0.05, 0) is 18.6 Å². The number of hydrogen-bond acceptors (Lipinski definition) is 2. The van der Waals surface area contributed by atoms with Gasteiger partial charge in [-0.1, -0.05) is 0 Å². The van der Waals surface area contributed by atoms with Crippen LogP contribution in [0.2, 0.25) is 0 Å². The Labute approximate surface area is 86.6 Å². The van der Waals surface area contributed by atoms with Crippen molar-refractivity contribution < 1.29 is 13.9 Å². The minimum atomic E-state index is -0.476. The van der Waals surface area contributed by atoms with E-state index in [0.717, 1.165) is 6.07 Å². The zero-order valence-electron chi connectivity index (χ0n) is 7.50. The monoisotopic (exact) mass is 216 g/mol. The van der Waals surface area contributed by atoms with Crippen molar-refractivity contribution in [2.24, 2.45) is 0 Å². The fourth-order valence-corrected chi connectivity index (χ4v) is 1.09. The van der Waals surface area contributed by atoms with Crippen molar-refractivity contribution in [2.45, 2.75) is 6.42 Å². The molecule has 1 rings (SSSR count). The van der Waals surface area contributed by atoms with Crippen LogP contribution in [0.15, 0.2) is 18.2 Å². The maximum Gasteiger partial charge on any atom is 0.150 e. The summed E-state index contributed by atoms with van der Waals surface area (Å²) in [5, 5.41) is 0. The molecule has 0 N–H and O–H groups in total. The van der Waals surface area contributed by atoms with E-state index in [1.165, 1.54) is 12.1 Å². The van der Waals surface area contributed by atoms with Gasteiger partial charge in [-0.3, -0.25) is 4.79 Å². The van der Waals surface area contributed by atoms with Gasteiger partial charge in [0.1, 0.15) is 17.9 Å². The van der Waals surface area contributed by atoms with Crippen LogP contribution in [-0.4, -0.2) is 18.8 Å². The number of aldehydes is 1. The molecule has 0 aromatic heterocycles. The van der Waals surface area contributed by atoms with Crippen LogP contribution < -0.4 is 4.74 Å². The van der Waals surface area contributed by atoms with Crippen molar-refractivity contribution in [1.82, 2.24) is 0 Å². The summed E-state index contributed by atoms with van der Waals surface area (Å²) in [6, 6.07) is 3.88. The molecule has 0 heterocycles. The number of carbonyl (C=O) groups excluding carboxylic acids is 1. The molecule has 0 saturated carbocycles. The largest absolute Gasteiger partial charge is 0.493 e. The Morgan fingerprint density at radius 2 is 2.21 bits per heavy atom. The van der Waals surface area contributed by atoms with Gasteiger partial charge in [-0.2, -0.15) is 0 Å². The third-order valence-electron chi connectivity index (χ3n) is 1.58. The highest BCUT2D eigenvalue weighted by molar-refractivity contribution is 6.17. The fraction of sp³-hybridized carbons (Fsp3) is 0.300. The Kier molecular flexibility index (Phi) is 4.40. The van der Waals surface area contributed by atoms with Crippen LogP contribution in [-0.2, 0) is 0 Å². The fourth-order valence-electron chi connectivity index (χ4n) is 0.980. The van der Waals surface area contributed by atoms with E-state index >= 15 is 0 Å². The molecular formula is C10H10ClFO2. The number of halogens is 2. The maximum absolute atomic E-state index is 12.9. The van der Waals surface area contributed by atoms with Crippen LogP contribution in [0.4, 0.5) is 4.39 Å².